The fraction of sp³-hybridized carbons (Fsp3) is 0.385. The van der Waals surface area contributed by atoms with Gasteiger partial charge in [0.1, 0.15) is 5.57 Å². The number of fused-ring (bicyclic) bond motifs is 2. The molecule has 0 spiro atoms. The topological polar surface area (TPSA) is 76.1 Å². The summed E-state index contributed by atoms with van der Waals surface area (Å²) >= 11 is 1.69. The van der Waals surface area contributed by atoms with Crippen molar-refractivity contribution >= 4 is 23.5 Å². The number of esters is 1. The van der Waals surface area contributed by atoms with Crippen LogP contribution in [0, 0.1) is 0 Å². The van der Waals surface area contributed by atoms with Gasteiger partial charge in [-0.1, -0.05) is 48.2 Å². The van der Waals surface area contributed by atoms with E-state index in [9.17, 15) is 14.7 Å². The Morgan fingerprint density at radius 1 is 1.03 bits per heavy atom. The number of benzene rings is 2. The average molecular weight is 466 g/mol. The van der Waals surface area contributed by atoms with Gasteiger partial charge in [0.25, 0.3) is 0 Å². The number of carbonyl (C=O) groups excluding carboxylic acids is 2. The highest BCUT2D eigenvalue weighted by Crippen LogP contribution is 2.47. The van der Waals surface area contributed by atoms with Crippen LogP contribution in [-0.4, -0.2) is 60.7 Å². The number of nitrogens with zero attached hydrogens (tertiary/aromatic N) is 1. The fourth-order valence-electron chi connectivity index (χ4n) is 4.80. The standard InChI is InChI=1S/C26H27NO5S/c28-20(16-19-17-6-1-3-9-22(17)33-23-10-4-2-7-18(19)23)24-25(29)21(32-26(24)30)8-5-11-27-12-14-31-15-13-27/h1-4,6-7,9-10,19,21,29H,5,8,11-16H2. The minimum Gasteiger partial charge on any atom is -0.507 e. The quantitative estimate of drug-likeness (QED) is 0.488. The summed E-state index contributed by atoms with van der Waals surface area (Å²) in [5.41, 5.74) is 1.96. The molecule has 3 aliphatic heterocycles. The largest absolute Gasteiger partial charge is 0.507 e. The first-order valence-corrected chi connectivity index (χ1v) is 12.3. The molecule has 1 unspecified atom stereocenters. The Bertz CT molecular complexity index is 1050. The molecule has 6 nitrogen and oxygen atoms in total. The van der Waals surface area contributed by atoms with Crippen LogP contribution in [0.2, 0.25) is 0 Å². The minimum absolute atomic E-state index is 0.115. The lowest BCUT2D eigenvalue weighted by Gasteiger charge is -2.27. The average Bonchev–Trinajstić information content (AvgIpc) is 3.12. The number of Topliss-reactive ketones (excluding diaryl/α,β-unsaturated/α-hetero) is 1. The molecule has 2 aromatic carbocycles. The van der Waals surface area contributed by atoms with Crippen LogP contribution in [0.25, 0.3) is 0 Å². The van der Waals surface area contributed by atoms with Gasteiger partial charge in [0.2, 0.25) is 0 Å². The highest BCUT2D eigenvalue weighted by atomic mass is 32.2. The van der Waals surface area contributed by atoms with E-state index in [1.54, 1.807) is 11.8 Å². The normalized spacial score (nSPS) is 21.0. The Hall–Kier alpha value is -2.61. The fourth-order valence-corrected chi connectivity index (χ4v) is 5.99. The molecule has 33 heavy (non-hydrogen) atoms. The van der Waals surface area contributed by atoms with Crippen molar-refractivity contribution < 1.29 is 24.2 Å². The van der Waals surface area contributed by atoms with Crippen LogP contribution in [0.4, 0.5) is 0 Å². The SMILES string of the molecule is O=C(CC1c2ccccc2Sc2ccccc21)C1=C(O)C(CCCN2CCOCC2)OC1=O. The molecule has 0 aromatic heterocycles. The summed E-state index contributed by atoms with van der Waals surface area (Å²) < 4.78 is 10.8. The van der Waals surface area contributed by atoms with E-state index in [4.69, 9.17) is 9.47 Å². The Kier molecular flexibility index (Phi) is 6.53. The molecule has 0 bridgehead atoms. The van der Waals surface area contributed by atoms with E-state index in [0.29, 0.717) is 6.42 Å². The van der Waals surface area contributed by atoms with E-state index >= 15 is 0 Å². The van der Waals surface area contributed by atoms with Crippen LogP contribution in [0.3, 0.4) is 0 Å². The van der Waals surface area contributed by atoms with E-state index in [1.807, 2.05) is 36.4 Å². The molecule has 5 rings (SSSR count). The van der Waals surface area contributed by atoms with Gasteiger partial charge in [-0.05, 0) is 42.6 Å². The maximum Gasteiger partial charge on any atom is 0.346 e. The molecular formula is C26H27NO5S. The van der Waals surface area contributed by atoms with Crippen molar-refractivity contribution in [2.24, 2.45) is 0 Å². The van der Waals surface area contributed by atoms with Crippen LogP contribution >= 0.6 is 11.8 Å². The number of cyclic esters (lactones) is 1. The molecule has 1 atom stereocenters. The Morgan fingerprint density at radius 2 is 1.67 bits per heavy atom. The third-order valence-corrected chi connectivity index (χ3v) is 7.72. The summed E-state index contributed by atoms with van der Waals surface area (Å²) in [6.07, 6.45) is 0.643. The van der Waals surface area contributed by atoms with E-state index < -0.39 is 12.1 Å². The van der Waals surface area contributed by atoms with Crippen LogP contribution in [0.1, 0.15) is 36.3 Å². The lowest BCUT2D eigenvalue weighted by atomic mass is 9.85. The second-order valence-corrected chi connectivity index (χ2v) is 9.69. The van der Waals surface area contributed by atoms with Crippen LogP contribution in [0.15, 0.2) is 69.7 Å². The van der Waals surface area contributed by atoms with Crippen molar-refractivity contribution in [3.63, 3.8) is 0 Å². The summed E-state index contributed by atoms with van der Waals surface area (Å²) in [6.45, 7) is 4.08. The number of carbonyl (C=O) groups is 2. The number of hydrogen-bond acceptors (Lipinski definition) is 7. The van der Waals surface area contributed by atoms with Gasteiger partial charge in [-0.2, -0.15) is 0 Å². The second-order valence-electron chi connectivity index (χ2n) is 8.61. The van der Waals surface area contributed by atoms with Gasteiger partial charge < -0.3 is 14.6 Å². The minimum atomic E-state index is -0.737. The second kappa shape index (κ2) is 9.71. The molecule has 1 fully saturated rings. The Morgan fingerprint density at radius 3 is 2.33 bits per heavy atom. The number of morpholine rings is 1. The monoisotopic (exact) mass is 465 g/mol. The molecule has 2 aromatic rings. The smallest absolute Gasteiger partial charge is 0.346 e. The van der Waals surface area contributed by atoms with Crippen LogP contribution in [-0.2, 0) is 19.1 Å². The molecular weight excluding hydrogens is 438 g/mol. The highest BCUT2D eigenvalue weighted by Gasteiger charge is 2.39. The summed E-state index contributed by atoms with van der Waals surface area (Å²) in [5.74, 6) is -1.45. The molecule has 3 aliphatic rings. The first-order valence-electron chi connectivity index (χ1n) is 11.4. The highest BCUT2D eigenvalue weighted by molar-refractivity contribution is 7.99. The number of aliphatic hydroxyl groups excluding tert-OH is 1. The zero-order valence-electron chi connectivity index (χ0n) is 18.4. The van der Waals surface area contributed by atoms with Crippen molar-refractivity contribution in [2.75, 3.05) is 32.8 Å². The van der Waals surface area contributed by atoms with Gasteiger partial charge in [-0.25, -0.2) is 4.79 Å². The lowest BCUT2D eigenvalue weighted by Crippen LogP contribution is -2.37. The molecule has 7 heteroatoms. The molecule has 0 radical (unpaired) electrons. The van der Waals surface area contributed by atoms with Crippen molar-refractivity contribution in [1.29, 1.82) is 0 Å². The third kappa shape index (κ3) is 4.58. The van der Waals surface area contributed by atoms with Gasteiger partial charge >= 0.3 is 5.97 Å². The zero-order valence-corrected chi connectivity index (χ0v) is 19.2. The summed E-state index contributed by atoms with van der Waals surface area (Å²) in [6, 6.07) is 16.1. The maximum absolute atomic E-state index is 13.3. The summed E-state index contributed by atoms with van der Waals surface area (Å²) in [5, 5.41) is 10.7. The van der Waals surface area contributed by atoms with Gasteiger partial charge in [-0.3, -0.25) is 9.69 Å². The van der Waals surface area contributed by atoms with Crippen molar-refractivity contribution in [2.45, 2.75) is 41.1 Å². The lowest BCUT2D eigenvalue weighted by molar-refractivity contribution is -0.141. The van der Waals surface area contributed by atoms with Gasteiger partial charge in [0, 0.05) is 35.2 Å². The van der Waals surface area contributed by atoms with Crippen molar-refractivity contribution in [3.05, 3.63) is 71.0 Å². The zero-order chi connectivity index (χ0) is 22.8. The van der Waals surface area contributed by atoms with Crippen molar-refractivity contribution in [1.82, 2.24) is 4.90 Å². The number of ether oxygens (including phenoxy) is 2. The predicted molar refractivity (Wildman–Crippen MR) is 125 cm³/mol. The Balaban J connectivity index is 1.30. The Labute approximate surface area is 197 Å². The number of hydrogen-bond donors (Lipinski definition) is 1. The van der Waals surface area contributed by atoms with E-state index in [-0.39, 0.29) is 29.5 Å². The molecule has 1 saturated heterocycles. The summed E-state index contributed by atoms with van der Waals surface area (Å²) in [4.78, 5) is 30.3. The van der Waals surface area contributed by atoms with Crippen LogP contribution in [0.5, 0.6) is 0 Å². The van der Waals surface area contributed by atoms with Gasteiger partial charge in [-0.15, -0.1) is 0 Å². The molecule has 0 amide bonds. The predicted octanol–water partition coefficient (Wildman–Crippen LogP) is 4.09. The number of aliphatic hydroxyl groups is 1. The molecule has 172 valence electrons. The molecule has 3 heterocycles. The van der Waals surface area contributed by atoms with Crippen molar-refractivity contribution in [3.8, 4) is 0 Å². The number of rotatable bonds is 7. The first-order chi connectivity index (χ1) is 16.1. The van der Waals surface area contributed by atoms with Gasteiger partial charge in [0.15, 0.2) is 17.6 Å². The summed E-state index contributed by atoms with van der Waals surface area (Å²) in [7, 11) is 0. The van der Waals surface area contributed by atoms with Gasteiger partial charge in [0.05, 0.1) is 13.2 Å². The van der Waals surface area contributed by atoms with E-state index in [0.717, 1.165) is 60.2 Å². The molecule has 0 saturated carbocycles. The molecule has 0 aliphatic carbocycles. The number of ketones is 1. The first kappa shape index (κ1) is 22.2. The molecule has 1 N–H and O–H groups in total. The maximum atomic E-state index is 13.3. The third-order valence-electron chi connectivity index (χ3n) is 6.54. The van der Waals surface area contributed by atoms with E-state index in [2.05, 4.69) is 17.0 Å². The van der Waals surface area contributed by atoms with E-state index in [1.165, 1.54) is 0 Å². The van der Waals surface area contributed by atoms with Crippen LogP contribution < -0.4 is 0 Å².